The second kappa shape index (κ2) is 9.88. The first kappa shape index (κ1) is 25.9. The minimum Gasteiger partial charge on any atom is -0.460 e. The van der Waals surface area contributed by atoms with Crippen molar-refractivity contribution in [3.8, 4) is 0 Å². The van der Waals surface area contributed by atoms with Crippen LogP contribution in [0.3, 0.4) is 0 Å². The van der Waals surface area contributed by atoms with Gasteiger partial charge in [-0.2, -0.15) is 0 Å². The highest BCUT2D eigenvalue weighted by Crippen LogP contribution is 2.30. The Balaban J connectivity index is 1.60. The summed E-state index contributed by atoms with van der Waals surface area (Å²) in [4.78, 5) is 38.4. The van der Waals surface area contributed by atoms with E-state index in [2.05, 4.69) is 0 Å². The van der Waals surface area contributed by atoms with Crippen molar-refractivity contribution in [2.45, 2.75) is 109 Å². The van der Waals surface area contributed by atoms with Crippen molar-refractivity contribution >= 4 is 17.9 Å². The van der Waals surface area contributed by atoms with E-state index >= 15 is 0 Å². The van der Waals surface area contributed by atoms with E-state index in [1.54, 1.807) is 41.5 Å². The normalized spacial score (nSPS) is 25.1. The number of carbonyl (C=O) groups is 3. The van der Waals surface area contributed by atoms with Crippen LogP contribution in [0.15, 0.2) is 0 Å². The number of esters is 3. The number of ether oxygens (including phenoxy) is 6. The molecule has 0 amide bonds. The maximum Gasteiger partial charge on any atom is 0.310 e. The molecule has 3 unspecified atom stereocenters. The molecule has 3 saturated heterocycles. The molecule has 0 aromatic rings. The third-order valence-electron chi connectivity index (χ3n) is 5.68. The second-order valence-corrected chi connectivity index (χ2v) is 11.2. The number of hydrogen-bond acceptors (Lipinski definition) is 9. The van der Waals surface area contributed by atoms with Crippen LogP contribution in [0.25, 0.3) is 0 Å². The maximum atomic E-state index is 13.0. The lowest BCUT2D eigenvalue weighted by Crippen LogP contribution is -2.37. The maximum absolute atomic E-state index is 13.0. The SMILES string of the molecule is CC(C)(CC1CO1)OC(=O)CC(CC(=O)OC(C)(C)CC1CO1)C(=O)OC(C)(C)CC1CO1. The molecule has 188 valence electrons. The van der Waals surface area contributed by atoms with Gasteiger partial charge in [-0.15, -0.1) is 0 Å². The van der Waals surface area contributed by atoms with E-state index in [0.29, 0.717) is 39.1 Å². The van der Waals surface area contributed by atoms with Crippen molar-refractivity contribution in [1.29, 1.82) is 0 Å². The summed E-state index contributed by atoms with van der Waals surface area (Å²) in [5.41, 5.74) is -2.25. The molecule has 0 aliphatic carbocycles. The van der Waals surface area contributed by atoms with Crippen molar-refractivity contribution < 1.29 is 42.8 Å². The largest absolute Gasteiger partial charge is 0.460 e. The summed E-state index contributed by atoms with van der Waals surface area (Å²) in [6, 6.07) is 0. The fourth-order valence-corrected chi connectivity index (χ4v) is 4.02. The van der Waals surface area contributed by atoms with Crippen LogP contribution in [0.2, 0.25) is 0 Å². The van der Waals surface area contributed by atoms with Crippen molar-refractivity contribution in [3.63, 3.8) is 0 Å². The first-order valence-electron chi connectivity index (χ1n) is 11.7. The summed E-state index contributed by atoms with van der Waals surface area (Å²) < 4.78 is 32.6. The van der Waals surface area contributed by atoms with E-state index in [-0.39, 0.29) is 31.2 Å². The first-order chi connectivity index (χ1) is 15.2. The van der Waals surface area contributed by atoms with Crippen molar-refractivity contribution in [2.75, 3.05) is 19.8 Å². The molecule has 0 radical (unpaired) electrons. The average molecular weight is 471 g/mol. The second-order valence-electron chi connectivity index (χ2n) is 11.2. The van der Waals surface area contributed by atoms with Crippen molar-refractivity contribution in [1.82, 2.24) is 0 Å². The van der Waals surface area contributed by atoms with Crippen LogP contribution in [-0.4, -0.2) is 72.8 Å². The number of rotatable bonds is 14. The number of hydrogen-bond donors (Lipinski definition) is 0. The molecule has 0 N–H and O–H groups in total. The topological polar surface area (TPSA) is 116 Å². The predicted octanol–water partition coefficient (Wildman–Crippen LogP) is 2.71. The Kier molecular flexibility index (Phi) is 7.75. The molecular weight excluding hydrogens is 432 g/mol. The highest BCUT2D eigenvalue weighted by molar-refractivity contribution is 5.84. The Morgan fingerprint density at radius 2 is 0.970 bits per heavy atom. The number of carbonyl (C=O) groups excluding carboxylic acids is 3. The Morgan fingerprint density at radius 3 is 1.27 bits per heavy atom. The van der Waals surface area contributed by atoms with Gasteiger partial charge in [-0.05, 0) is 41.5 Å². The lowest BCUT2D eigenvalue weighted by atomic mass is 9.98. The molecule has 3 fully saturated rings. The van der Waals surface area contributed by atoms with E-state index in [1.807, 2.05) is 0 Å². The van der Waals surface area contributed by atoms with Gasteiger partial charge < -0.3 is 28.4 Å². The van der Waals surface area contributed by atoms with Crippen LogP contribution >= 0.6 is 0 Å². The van der Waals surface area contributed by atoms with E-state index in [9.17, 15) is 14.4 Å². The van der Waals surface area contributed by atoms with Gasteiger partial charge in [0.15, 0.2) is 0 Å². The molecule has 0 bridgehead atoms. The average Bonchev–Trinajstić information content (AvgIpc) is 3.41. The predicted molar refractivity (Wildman–Crippen MR) is 116 cm³/mol. The summed E-state index contributed by atoms with van der Waals surface area (Å²) in [6.07, 6.45) is 1.39. The highest BCUT2D eigenvalue weighted by atomic mass is 16.6. The van der Waals surface area contributed by atoms with Crippen LogP contribution in [-0.2, 0) is 42.8 Å². The summed E-state index contributed by atoms with van der Waals surface area (Å²) in [5.74, 6) is -2.76. The monoisotopic (exact) mass is 470 g/mol. The van der Waals surface area contributed by atoms with E-state index in [4.69, 9.17) is 28.4 Å². The Bertz CT molecular complexity index is 688. The summed E-state index contributed by atoms with van der Waals surface area (Å²) in [6.45, 7) is 12.7. The van der Waals surface area contributed by atoms with Crippen molar-refractivity contribution in [2.24, 2.45) is 5.92 Å². The first-order valence-corrected chi connectivity index (χ1v) is 11.7. The van der Waals surface area contributed by atoms with Gasteiger partial charge in [0, 0.05) is 19.3 Å². The van der Waals surface area contributed by atoms with Gasteiger partial charge in [0.25, 0.3) is 0 Å². The Morgan fingerprint density at radius 1 is 0.667 bits per heavy atom. The minimum absolute atomic E-state index is 0.0667. The van der Waals surface area contributed by atoms with Crippen LogP contribution in [0.1, 0.15) is 73.6 Å². The van der Waals surface area contributed by atoms with Crippen LogP contribution in [0.5, 0.6) is 0 Å². The lowest BCUT2D eigenvalue weighted by Gasteiger charge is -2.29. The zero-order valence-corrected chi connectivity index (χ0v) is 20.6. The van der Waals surface area contributed by atoms with E-state index in [1.165, 1.54) is 0 Å². The van der Waals surface area contributed by atoms with Gasteiger partial charge >= 0.3 is 17.9 Å². The molecule has 0 aromatic carbocycles. The molecule has 33 heavy (non-hydrogen) atoms. The lowest BCUT2D eigenvalue weighted by molar-refractivity contribution is -0.174. The van der Waals surface area contributed by atoms with Crippen LogP contribution < -0.4 is 0 Å². The molecule has 3 atom stereocenters. The molecule has 0 spiro atoms. The van der Waals surface area contributed by atoms with Gasteiger partial charge in [0.1, 0.15) is 16.8 Å². The summed E-state index contributed by atoms with van der Waals surface area (Å²) in [5, 5.41) is 0. The molecule has 0 aromatic heterocycles. The zero-order valence-electron chi connectivity index (χ0n) is 20.6. The molecular formula is C24H38O9. The molecule has 3 rings (SSSR count). The zero-order chi connectivity index (χ0) is 24.4. The fraction of sp³-hybridized carbons (Fsp3) is 0.875. The molecule has 9 heteroatoms. The van der Waals surface area contributed by atoms with Crippen molar-refractivity contribution in [3.05, 3.63) is 0 Å². The smallest absolute Gasteiger partial charge is 0.310 e. The van der Waals surface area contributed by atoms with Crippen LogP contribution in [0, 0.1) is 5.92 Å². The third kappa shape index (κ3) is 9.98. The molecule has 3 aliphatic rings. The standard InChI is InChI=1S/C24H38O9/c1-22(2,9-16-12-28-16)31-19(25)7-15(21(27)33-24(5,6)11-18-14-30-18)8-20(26)32-23(3,4)10-17-13-29-17/h15-18H,7-14H2,1-6H3. The van der Waals surface area contributed by atoms with Gasteiger partial charge in [0.05, 0.1) is 56.9 Å². The minimum atomic E-state index is -1.01. The molecule has 3 heterocycles. The molecule has 0 saturated carbocycles. The van der Waals surface area contributed by atoms with E-state index in [0.717, 1.165) is 0 Å². The molecule has 9 nitrogen and oxygen atoms in total. The number of epoxide rings is 3. The summed E-state index contributed by atoms with van der Waals surface area (Å²) in [7, 11) is 0. The Hall–Kier alpha value is -1.71. The quantitative estimate of drug-likeness (QED) is 0.215. The Labute approximate surface area is 195 Å². The van der Waals surface area contributed by atoms with Gasteiger partial charge in [-0.25, -0.2) is 0 Å². The fourth-order valence-electron chi connectivity index (χ4n) is 4.02. The van der Waals surface area contributed by atoms with Gasteiger partial charge in [-0.1, -0.05) is 0 Å². The highest BCUT2D eigenvalue weighted by Gasteiger charge is 2.40. The van der Waals surface area contributed by atoms with Crippen LogP contribution in [0.4, 0.5) is 0 Å². The molecule has 3 aliphatic heterocycles. The van der Waals surface area contributed by atoms with E-state index < -0.39 is 40.6 Å². The van der Waals surface area contributed by atoms with Gasteiger partial charge in [0.2, 0.25) is 0 Å². The summed E-state index contributed by atoms with van der Waals surface area (Å²) >= 11 is 0. The van der Waals surface area contributed by atoms with Gasteiger partial charge in [-0.3, -0.25) is 14.4 Å². The third-order valence-corrected chi connectivity index (χ3v) is 5.68.